The Morgan fingerprint density at radius 2 is 1.49 bits per heavy atom. The van der Waals surface area contributed by atoms with Gasteiger partial charge in [-0.25, -0.2) is 0 Å². The van der Waals surface area contributed by atoms with Gasteiger partial charge in [0.1, 0.15) is 24.2 Å². The molecule has 2 heterocycles. The third-order valence-corrected chi connectivity index (χ3v) is 7.14. The van der Waals surface area contributed by atoms with Crippen molar-refractivity contribution in [2.45, 2.75) is 75.1 Å². The average Bonchev–Trinajstić information content (AvgIpc) is 3.29. The van der Waals surface area contributed by atoms with Crippen LogP contribution < -0.4 is 21.3 Å². The van der Waals surface area contributed by atoms with E-state index in [0.29, 0.717) is 12.0 Å². The molecule has 0 saturated carbocycles. The molecule has 6 atom stereocenters. The van der Waals surface area contributed by atoms with E-state index in [9.17, 15) is 29.1 Å². The monoisotopic (exact) mass is 535 g/mol. The quantitative estimate of drug-likeness (QED) is 0.334. The second-order valence-electron chi connectivity index (χ2n) is 9.20. The van der Waals surface area contributed by atoms with Crippen molar-refractivity contribution in [1.29, 1.82) is 0 Å². The Hall–Kier alpha value is -3.18. The van der Waals surface area contributed by atoms with Crippen molar-refractivity contribution in [1.82, 2.24) is 26.2 Å². The van der Waals surface area contributed by atoms with Gasteiger partial charge < -0.3 is 31.3 Å². The Morgan fingerprint density at radius 3 is 2.11 bits per heavy atom. The van der Waals surface area contributed by atoms with Gasteiger partial charge in [0.05, 0.1) is 24.4 Å². The number of aliphatic hydroxyl groups excluding tert-OH is 1. The van der Waals surface area contributed by atoms with Crippen molar-refractivity contribution in [3.05, 3.63) is 35.9 Å². The lowest BCUT2D eigenvalue weighted by Crippen LogP contribution is -2.60. The second kappa shape index (κ2) is 12.9. The van der Waals surface area contributed by atoms with Gasteiger partial charge in [-0.1, -0.05) is 44.2 Å². The number of nitrogens with zero attached hydrogens (tertiary/aromatic N) is 1. The molecule has 5 amide bonds. The number of fused-ring (bicyclic) bond motifs is 1. The van der Waals surface area contributed by atoms with Gasteiger partial charge in [-0.15, -0.1) is 11.6 Å². The molecule has 0 bridgehead atoms. The zero-order chi connectivity index (χ0) is 27.1. The lowest BCUT2D eigenvalue weighted by molar-refractivity contribution is -0.142. The van der Waals surface area contributed by atoms with E-state index in [-0.39, 0.29) is 25.8 Å². The largest absolute Gasteiger partial charge is 0.394 e. The van der Waals surface area contributed by atoms with Gasteiger partial charge in [-0.2, -0.15) is 0 Å². The summed E-state index contributed by atoms with van der Waals surface area (Å²) in [5.74, 6) is -2.89. The maximum atomic E-state index is 13.4. The Balaban J connectivity index is 1.98. The summed E-state index contributed by atoms with van der Waals surface area (Å²) in [4.78, 5) is 66.9. The summed E-state index contributed by atoms with van der Waals surface area (Å²) >= 11 is 6.41. The molecule has 1 aromatic carbocycles. The maximum absolute atomic E-state index is 13.4. The topological polar surface area (TPSA) is 157 Å². The summed E-state index contributed by atoms with van der Waals surface area (Å²) in [6, 6.07) is 3.74. The van der Waals surface area contributed by atoms with Crippen LogP contribution in [0.3, 0.4) is 0 Å². The zero-order valence-electron chi connectivity index (χ0n) is 20.9. The highest BCUT2D eigenvalue weighted by Gasteiger charge is 2.44. The number of aliphatic hydroxyl groups is 1. The highest BCUT2D eigenvalue weighted by atomic mass is 35.5. The van der Waals surface area contributed by atoms with Crippen LogP contribution in [0.5, 0.6) is 0 Å². The van der Waals surface area contributed by atoms with Gasteiger partial charge in [0.15, 0.2) is 0 Å². The summed E-state index contributed by atoms with van der Waals surface area (Å²) in [6.45, 7) is 2.96. The minimum absolute atomic E-state index is 0.189. The first-order chi connectivity index (χ1) is 17.7. The molecule has 1 aromatic rings. The van der Waals surface area contributed by atoms with E-state index in [4.69, 9.17) is 11.6 Å². The zero-order valence-corrected chi connectivity index (χ0v) is 21.7. The van der Waals surface area contributed by atoms with E-state index in [2.05, 4.69) is 21.3 Å². The minimum atomic E-state index is -1.31. The summed E-state index contributed by atoms with van der Waals surface area (Å²) in [5.41, 5.74) is 0.637. The molecule has 5 N–H and O–H groups in total. The number of rotatable bonds is 4. The standard InChI is InChI=1S/C25H34ClN5O6/c1-3-16-22(34)30-19(13-32)23(35)29-18(14-8-6-5-7-9-14)12-20(33)27-17(4-2)25(37)31-11-10-15(26)21(31)24(36)28-16/h5-9,15-19,21,32H,3-4,10-13H2,1-2H3,(H,27,33)(H,28,36)(H,29,35)(H,30,34). The van der Waals surface area contributed by atoms with Crippen LogP contribution in [0.15, 0.2) is 30.3 Å². The fourth-order valence-electron chi connectivity index (χ4n) is 4.57. The van der Waals surface area contributed by atoms with Crippen LogP contribution in [0, 0.1) is 0 Å². The van der Waals surface area contributed by atoms with Gasteiger partial charge in [0.25, 0.3) is 0 Å². The molecule has 0 radical (unpaired) electrons. The highest BCUT2D eigenvalue weighted by molar-refractivity contribution is 6.23. The van der Waals surface area contributed by atoms with Crippen LogP contribution in [0.25, 0.3) is 0 Å². The normalized spacial score (nSPS) is 30.2. The summed E-state index contributed by atoms with van der Waals surface area (Å²) in [7, 11) is 0. The van der Waals surface area contributed by atoms with Crippen molar-refractivity contribution in [2.24, 2.45) is 0 Å². The first-order valence-electron chi connectivity index (χ1n) is 12.5. The lowest BCUT2D eigenvalue weighted by atomic mass is 10.0. The number of amides is 5. The van der Waals surface area contributed by atoms with Crippen LogP contribution in [0.2, 0.25) is 0 Å². The van der Waals surface area contributed by atoms with Crippen molar-refractivity contribution in [2.75, 3.05) is 13.2 Å². The van der Waals surface area contributed by atoms with Crippen LogP contribution in [0.4, 0.5) is 0 Å². The molecular weight excluding hydrogens is 502 g/mol. The Bertz CT molecular complexity index is 1010. The van der Waals surface area contributed by atoms with Crippen molar-refractivity contribution in [3.63, 3.8) is 0 Å². The van der Waals surface area contributed by atoms with Crippen molar-refractivity contribution < 1.29 is 29.1 Å². The molecule has 6 unspecified atom stereocenters. The molecule has 0 aromatic heterocycles. The molecule has 11 nitrogen and oxygen atoms in total. The molecule has 12 heteroatoms. The number of nitrogens with one attached hydrogen (secondary N) is 4. The van der Waals surface area contributed by atoms with Crippen LogP contribution in [-0.4, -0.2) is 82.2 Å². The second-order valence-corrected chi connectivity index (χ2v) is 9.76. The number of hydrogen-bond donors (Lipinski definition) is 5. The van der Waals surface area contributed by atoms with Crippen molar-refractivity contribution in [3.8, 4) is 0 Å². The van der Waals surface area contributed by atoms with Crippen LogP contribution in [-0.2, 0) is 24.0 Å². The fourth-order valence-corrected chi connectivity index (χ4v) is 4.92. The smallest absolute Gasteiger partial charge is 0.245 e. The number of benzene rings is 1. The van der Waals surface area contributed by atoms with E-state index >= 15 is 0 Å². The van der Waals surface area contributed by atoms with E-state index in [1.54, 1.807) is 44.2 Å². The molecule has 2 saturated heterocycles. The third-order valence-electron chi connectivity index (χ3n) is 6.68. The van der Waals surface area contributed by atoms with E-state index < -0.39 is 71.7 Å². The number of carbonyl (C=O) groups excluding carboxylic acids is 5. The summed E-state index contributed by atoms with van der Waals surface area (Å²) < 4.78 is 0. The van der Waals surface area contributed by atoms with E-state index in [1.165, 1.54) is 4.90 Å². The molecule has 3 rings (SSSR count). The van der Waals surface area contributed by atoms with Crippen molar-refractivity contribution >= 4 is 41.1 Å². The minimum Gasteiger partial charge on any atom is -0.394 e. The van der Waals surface area contributed by atoms with Gasteiger partial charge >= 0.3 is 0 Å². The Labute approximate surface area is 220 Å². The summed E-state index contributed by atoms with van der Waals surface area (Å²) in [6.07, 6.45) is 0.660. The van der Waals surface area contributed by atoms with E-state index in [1.807, 2.05) is 0 Å². The number of hydrogen-bond acceptors (Lipinski definition) is 6. The highest BCUT2D eigenvalue weighted by Crippen LogP contribution is 2.25. The molecular formula is C25H34ClN5O6. The van der Waals surface area contributed by atoms with Gasteiger partial charge in [-0.05, 0) is 24.8 Å². The predicted molar refractivity (Wildman–Crippen MR) is 135 cm³/mol. The molecule has 37 heavy (non-hydrogen) atoms. The van der Waals surface area contributed by atoms with Gasteiger partial charge in [-0.3, -0.25) is 24.0 Å². The Morgan fingerprint density at radius 1 is 0.865 bits per heavy atom. The maximum Gasteiger partial charge on any atom is 0.245 e. The molecule has 0 aliphatic carbocycles. The SMILES string of the molecule is CCC1NC(=O)C2C(Cl)CCN2C(=O)C(CC)NC(=O)CC(c2ccccc2)NC(=O)C(CO)NC1=O. The molecule has 0 spiro atoms. The lowest BCUT2D eigenvalue weighted by Gasteiger charge is -2.31. The molecule has 2 aliphatic heterocycles. The first kappa shape index (κ1) is 28.4. The Kier molecular flexibility index (Phi) is 9.87. The number of carbonyl (C=O) groups is 5. The van der Waals surface area contributed by atoms with Gasteiger partial charge in [0.2, 0.25) is 29.5 Å². The predicted octanol–water partition coefficient (Wildman–Crippen LogP) is -0.277. The van der Waals surface area contributed by atoms with Gasteiger partial charge in [0, 0.05) is 6.54 Å². The first-order valence-corrected chi connectivity index (χ1v) is 12.9. The van der Waals surface area contributed by atoms with E-state index in [0.717, 1.165) is 0 Å². The number of halogens is 1. The molecule has 202 valence electrons. The summed E-state index contributed by atoms with van der Waals surface area (Å²) in [5, 5.41) is 19.7. The average molecular weight is 536 g/mol. The molecule has 2 aliphatic rings. The van der Waals surface area contributed by atoms with Crippen LogP contribution in [0.1, 0.15) is 51.1 Å². The number of alkyl halides is 1. The van der Waals surface area contributed by atoms with Crippen LogP contribution >= 0.6 is 11.6 Å². The third kappa shape index (κ3) is 6.78. The fraction of sp³-hybridized carbons (Fsp3) is 0.560. The molecule has 2 fully saturated rings.